The van der Waals surface area contributed by atoms with E-state index in [4.69, 9.17) is 15.2 Å². The lowest BCUT2D eigenvalue weighted by atomic mass is 9.81. The van der Waals surface area contributed by atoms with E-state index in [9.17, 15) is 0 Å². The molecule has 0 saturated heterocycles. The zero-order valence-corrected chi connectivity index (χ0v) is 12.5. The standard InChI is InChI=1S/C14H20BrNO2/c1-17-12-7-6-11(14(18-2)13(12)15)9-4-3-5-10(16)8-9/h6-7,9-10H,3-5,8,16H2,1-2H3. The number of nitrogens with two attached hydrogens (primary N) is 1. The lowest BCUT2D eigenvalue weighted by Crippen LogP contribution is -2.27. The van der Waals surface area contributed by atoms with E-state index in [1.54, 1.807) is 14.2 Å². The van der Waals surface area contributed by atoms with Crippen LogP contribution in [0, 0.1) is 0 Å². The van der Waals surface area contributed by atoms with E-state index in [2.05, 4.69) is 22.0 Å². The Morgan fingerprint density at radius 3 is 2.61 bits per heavy atom. The summed E-state index contributed by atoms with van der Waals surface area (Å²) in [7, 11) is 3.36. The Morgan fingerprint density at radius 2 is 2.00 bits per heavy atom. The third-order valence-corrected chi connectivity index (χ3v) is 4.42. The number of benzene rings is 1. The Kier molecular flexibility index (Phi) is 4.51. The summed E-state index contributed by atoms with van der Waals surface area (Å²) in [5.74, 6) is 2.18. The second kappa shape index (κ2) is 5.93. The monoisotopic (exact) mass is 313 g/mol. The molecular formula is C14H20BrNO2. The Labute approximate surface area is 117 Å². The molecule has 0 bridgehead atoms. The number of hydrogen-bond acceptors (Lipinski definition) is 3. The van der Waals surface area contributed by atoms with E-state index in [-0.39, 0.29) is 0 Å². The summed E-state index contributed by atoms with van der Waals surface area (Å²) in [6.07, 6.45) is 4.55. The molecule has 1 aromatic rings. The molecule has 0 aliphatic heterocycles. The van der Waals surface area contributed by atoms with E-state index >= 15 is 0 Å². The van der Waals surface area contributed by atoms with Crippen LogP contribution in [-0.2, 0) is 0 Å². The number of methoxy groups -OCH3 is 2. The van der Waals surface area contributed by atoms with Gasteiger partial charge in [0.1, 0.15) is 16.0 Å². The van der Waals surface area contributed by atoms with E-state index in [0.717, 1.165) is 28.8 Å². The largest absolute Gasteiger partial charge is 0.495 e. The van der Waals surface area contributed by atoms with Gasteiger partial charge in [-0.25, -0.2) is 0 Å². The second-order valence-corrected chi connectivity index (χ2v) is 5.62. The van der Waals surface area contributed by atoms with Gasteiger partial charge < -0.3 is 15.2 Å². The fourth-order valence-corrected chi connectivity index (χ4v) is 3.43. The highest BCUT2D eigenvalue weighted by Gasteiger charge is 2.25. The molecule has 0 aromatic heterocycles. The molecule has 1 aromatic carbocycles. The van der Waals surface area contributed by atoms with Crippen LogP contribution in [0.15, 0.2) is 16.6 Å². The zero-order valence-electron chi connectivity index (χ0n) is 10.9. The first-order valence-electron chi connectivity index (χ1n) is 6.33. The van der Waals surface area contributed by atoms with Crippen molar-refractivity contribution in [2.75, 3.05) is 14.2 Å². The van der Waals surface area contributed by atoms with E-state index in [0.29, 0.717) is 12.0 Å². The van der Waals surface area contributed by atoms with Crippen LogP contribution in [0.4, 0.5) is 0 Å². The van der Waals surface area contributed by atoms with Gasteiger partial charge in [0.05, 0.1) is 14.2 Å². The third-order valence-electron chi connectivity index (χ3n) is 3.67. The van der Waals surface area contributed by atoms with Crippen LogP contribution >= 0.6 is 15.9 Å². The summed E-state index contributed by atoms with van der Waals surface area (Å²) in [6.45, 7) is 0. The number of halogens is 1. The second-order valence-electron chi connectivity index (χ2n) is 4.83. The fourth-order valence-electron chi connectivity index (χ4n) is 2.75. The lowest BCUT2D eigenvalue weighted by Gasteiger charge is -2.28. The van der Waals surface area contributed by atoms with Crippen LogP contribution in [0.5, 0.6) is 11.5 Å². The predicted octanol–water partition coefficient (Wildman–Crippen LogP) is 3.45. The van der Waals surface area contributed by atoms with E-state index in [1.807, 2.05) is 6.07 Å². The van der Waals surface area contributed by atoms with Crippen molar-refractivity contribution in [2.45, 2.75) is 37.6 Å². The molecule has 1 aliphatic carbocycles. The number of ether oxygens (including phenoxy) is 2. The van der Waals surface area contributed by atoms with Crippen LogP contribution < -0.4 is 15.2 Å². The van der Waals surface area contributed by atoms with Crippen molar-refractivity contribution in [2.24, 2.45) is 5.73 Å². The maximum Gasteiger partial charge on any atom is 0.140 e. The molecule has 3 nitrogen and oxygen atoms in total. The van der Waals surface area contributed by atoms with Gasteiger partial charge in [-0.05, 0) is 52.7 Å². The van der Waals surface area contributed by atoms with Gasteiger partial charge in [0, 0.05) is 6.04 Å². The Bertz CT molecular complexity index is 423. The van der Waals surface area contributed by atoms with Gasteiger partial charge in [0.15, 0.2) is 0 Å². The summed E-state index contributed by atoms with van der Waals surface area (Å²) < 4.78 is 11.7. The molecule has 2 rings (SSSR count). The summed E-state index contributed by atoms with van der Waals surface area (Å²) in [5.41, 5.74) is 7.31. The minimum absolute atomic E-state index is 0.314. The Morgan fingerprint density at radius 1 is 1.22 bits per heavy atom. The average molecular weight is 314 g/mol. The van der Waals surface area contributed by atoms with Crippen molar-refractivity contribution in [3.63, 3.8) is 0 Å². The molecule has 2 unspecified atom stereocenters. The molecule has 0 radical (unpaired) electrons. The number of hydrogen-bond donors (Lipinski definition) is 1. The molecule has 0 heterocycles. The van der Waals surface area contributed by atoms with Gasteiger partial charge in [-0.15, -0.1) is 0 Å². The molecule has 1 fully saturated rings. The van der Waals surface area contributed by atoms with Crippen LogP contribution in [0.25, 0.3) is 0 Å². The predicted molar refractivity (Wildman–Crippen MR) is 76.4 cm³/mol. The SMILES string of the molecule is COc1ccc(C2CCCC(N)C2)c(OC)c1Br. The maximum absolute atomic E-state index is 6.07. The summed E-state index contributed by atoms with van der Waals surface area (Å²) in [5, 5.41) is 0. The van der Waals surface area contributed by atoms with E-state index < -0.39 is 0 Å². The van der Waals surface area contributed by atoms with Gasteiger partial charge in [-0.2, -0.15) is 0 Å². The first-order chi connectivity index (χ1) is 8.67. The fraction of sp³-hybridized carbons (Fsp3) is 0.571. The van der Waals surface area contributed by atoms with Crippen LogP contribution in [0.3, 0.4) is 0 Å². The molecule has 2 atom stereocenters. The van der Waals surface area contributed by atoms with Gasteiger partial charge in [-0.3, -0.25) is 0 Å². The van der Waals surface area contributed by atoms with Crippen molar-refractivity contribution < 1.29 is 9.47 Å². The van der Waals surface area contributed by atoms with Crippen molar-refractivity contribution in [1.29, 1.82) is 0 Å². The van der Waals surface area contributed by atoms with E-state index in [1.165, 1.54) is 18.4 Å². The first kappa shape index (κ1) is 13.7. The molecular weight excluding hydrogens is 294 g/mol. The quantitative estimate of drug-likeness (QED) is 0.929. The highest BCUT2D eigenvalue weighted by Crippen LogP contribution is 2.44. The van der Waals surface area contributed by atoms with Gasteiger partial charge >= 0.3 is 0 Å². The first-order valence-corrected chi connectivity index (χ1v) is 7.12. The highest BCUT2D eigenvalue weighted by atomic mass is 79.9. The molecule has 1 aliphatic rings. The minimum atomic E-state index is 0.314. The Balaban J connectivity index is 2.35. The summed E-state index contributed by atoms with van der Waals surface area (Å²) >= 11 is 3.55. The average Bonchev–Trinajstić information content (AvgIpc) is 2.38. The number of rotatable bonds is 3. The van der Waals surface area contributed by atoms with Crippen LogP contribution in [0.2, 0.25) is 0 Å². The topological polar surface area (TPSA) is 44.5 Å². The van der Waals surface area contributed by atoms with Crippen molar-refractivity contribution in [1.82, 2.24) is 0 Å². The Hall–Kier alpha value is -0.740. The van der Waals surface area contributed by atoms with Gasteiger partial charge in [-0.1, -0.05) is 12.5 Å². The molecule has 1 saturated carbocycles. The normalized spacial score (nSPS) is 23.8. The van der Waals surface area contributed by atoms with Crippen LogP contribution in [0.1, 0.15) is 37.2 Å². The van der Waals surface area contributed by atoms with Crippen molar-refractivity contribution >= 4 is 15.9 Å². The molecule has 2 N–H and O–H groups in total. The molecule has 18 heavy (non-hydrogen) atoms. The molecule has 100 valence electrons. The molecule has 4 heteroatoms. The van der Waals surface area contributed by atoms with Crippen LogP contribution in [-0.4, -0.2) is 20.3 Å². The van der Waals surface area contributed by atoms with Crippen molar-refractivity contribution in [3.8, 4) is 11.5 Å². The highest BCUT2D eigenvalue weighted by molar-refractivity contribution is 9.10. The third kappa shape index (κ3) is 2.64. The minimum Gasteiger partial charge on any atom is -0.495 e. The summed E-state index contributed by atoms with van der Waals surface area (Å²) in [6, 6.07) is 4.40. The maximum atomic E-state index is 6.07. The van der Waals surface area contributed by atoms with Crippen molar-refractivity contribution in [3.05, 3.63) is 22.2 Å². The van der Waals surface area contributed by atoms with Gasteiger partial charge in [0.2, 0.25) is 0 Å². The molecule has 0 spiro atoms. The lowest BCUT2D eigenvalue weighted by molar-refractivity contribution is 0.360. The molecule has 0 amide bonds. The smallest absolute Gasteiger partial charge is 0.140 e. The van der Waals surface area contributed by atoms with Gasteiger partial charge in [0.25, 0.3) is 0 Å². The zero-order chi connectivity index (χ0) is 13.1. The summed E-state index contributed by atoms with van der Waals surface area (Å²) in [4.78, 5) is 0.